The highest BCUT2D eigenvalue weighted by atomic mass is 16.3. The van der Waals surface area contributed by atoms with E-state index in [1.165, 1.54) is 38.5 Å². The van der Waals surface area contributed by atoms with Gasteiger partial charge in [-0.3, -0.25) is 4.90 Å². The van der Waals surface area contributed by atoms with Crippen LogP contribution in [0, 0.1) is 17.8 Å². The minimum absolute atomic E-state index is 0.328. The van der Waals surface area contributed by atoms with Crippen molar-refractivity contribution in [1.29, 1.82) is 0 Å². The molecule has 0 spiro atoms. The molecule has 0 radical (unpaired) electrons. The second-order valence-electron chi connectivity index (χ2n) is 7.38. The van der Waals surface area contributed by atoms with Gasteiger partial charge in [-0.05, 0) is 56.3 Å². The molecule has 3 heteroatoms. The summed E-state index contributed by atoms with van der Waals surface area (Å²) in [5, 5.41) is 13.1. The highest BCUT2D eigenvalue weighted by Crippen LogP contribution is 2.58. The summed E-state index contributed by atoms with van der Waals surface area (Å²) in [5.41, 5.74) is 0.476. The molecule has 1 saturated heterocycles. The van der Waals surface area contributed by atoms with Crippen molar-refractivity contribution in [2.45, 2.75) is 50.1 Å². The second-order valence-corrected chi connectivity index (χ2v) is 7.38. The molecule has 5 rings (SSSR count). The maximum atomic E-state index is 9.68. The Balaban J connectivity index is 1.62. The zero-order valence-corrected chi connectivity index (χ0v) is 11.3. The van der Waals surface area contributed by atoms with Crippen LogP contribution in [0.4, 0.5) is 0 Å². The van der Waals surface area contributed by atoms with Crippen LogP contribution in [0.3, 0.4) is 0 Å². The predicted molar refractivity (Wildman–Crippen MR) is 71.4 cm³/mol. The predicted octanol–water partition coefficient (Wildman–Crippen LogP) is 1.22. The summed E-state index contributed by atoms with van der Waals surface area (Å²) in [6.07, 6.45) is 8.81. The fourth-order valence-electron chi connectivity index (χ4n) is 5.97. The summed E-state index contributed by atoms with van der Waals surface area (Å²) in [4.78, 5) is 2.72. The van der Waals surface area contributed by atoms with Crippen molar-refractivity contribution in [2.24, 2.45) is 17.8 Å². The minimum atomic E-state index is 0.328. The first kappa shape index (κ1) is 11.7. The smallest absolute Gasteiger partial charge is 0.0599 e. The van der Waals surface area contributed by atoms with E-state index in [1.807, 2.05) is 0 Å². The number of hydrogen-bond acceptors (Lipinski definition) is 3. The molecule has 18 heavy (non-hydrogen) atoms. The van der Waals surface area contributed by atoms with E-state index in [-0.39, 0.29) is 0 Å². The van der Waals surface area contributed by atoms with Gasteiger partial charge in [0.25, 0.3) is 0 Å². The number of aliphatic hydroxyl groups excluding tert-OH is 1. The fraction of sp³-hybridized carbons (Fsp3) is 1.00. The van der Waals surface area contributed by atoms with Gasteiger partial charge in [0.15, 0.2) is 0 Å². The van der Waals surface area contributed by atoms with Crippen molar-refractivity contribution in [1.82, 2.24) is 10.2 Å². The Kier molecular flexibility index (Phi) is 2.72. The van der Waals surface area contributed by atoms with Crippen LogP contribution in [0.25, 0.3) is 0 Å². The summed E-state index contributed by atoms with van der Waals surface area (Å²) >= 11 is 0. The van der Waals surface area contributed by atoms with E-state index in [0.29, 0.717) is 18.2 Å². The lowest BCUT2D eigenvalue weighted by atomic mass is 9.52. The molecule has 1 unspecified atom stereocenters. The number of nitrogens with one attached hydrogen (secondary N) is 1. The zero-order chi connectivity index (χ0) is 12.2. The van der Waals surface area contributed by atoms with Crippen molar-refractivity contribution in [3.05, 3.63) is 0 Å². The van der Waals surface area contributed by atoms with Gasteiger partial charge in [0, 0.05) is 31.2 Å². The van der Waals surface area contributed by atoms with Gasteiger partial charge in [-0.25, -0.2) is 0 Å². The van der Waals surface area contributed by atoms with Crippen LogP contribution in [-0.4, -0.2) is 47.8 Å². The normalized spacial score (nSPS) is 51.8. The molecule has 102 valence electrons. The van der Waals surface area contributed by atoms with E-state index >= 15 is 0 Å². The van der Waals surface area contributed by atoms with Gasteiger partial charge in [-0.2, -0.15) is 0 Å². The second kappa shape index (κ2) is 4.19. The lowest BCUT2D eigenvalue weighted by Gasteiger charge is -2.62. The summed E-state index contributed by atoms with van der Waals surface area (Å²) in [6.45, 7) is 3.57. The summed E-state index contributed by atoms with van der Waals surface area (Å²) in [6, 6.07) is 0.370. The van der Waals surface area contributed by atoms with E-state index < -0.39 is 0 Å². The van der Waals surface area contributed by atoms with Crippen LogP contribution < -0.4 is 5.32 Å². The minimum Gasteiger partial charge on any atom is -0.395 e. The average molecular weight is 250 g/mol. The maximum absolute atomic E-state index is 9.68. The molecular weight excluding hydrogens is 224 g/mol. The van der Waals surface area contributed by atoms with Gasteiger partial charge < -0.3 is 10.4 Å². The van der Waals surface area contributed by atoms with Crippen LogP contribution in [0.5, 0.6) is 0 Å². The van der Waals surface area contributed by atoms with Gasteiger partial charge in [0.1, 0.15) is 0 Å². The average Bonchev–Trinajstić information content (AvgIpc) is 2.37. The van der Waals surface area contributed by atoms with Crippen molar-refractivity contribution >= 4 is 0 Å². The van der Waals surface area contributed by atoms with Crippen LogP contribution in [0.1, 0.15) is 38.5 Å². The quantitative estimate of drug-likeness (QED) is 0.773. The van der Waals surface area contributed by atoms with Gasteiger partial charge in [-0.1, -0.05) is 0 Å². The largest absolute Gasteiger partial charge is 0.395 e. The molecule has 1 aliphatic heterocycles. The molecule has 0 aromatic rings. The molecule has 0 aromatic carbocycles. The monoisotopic (exact) mass is 250 g/mol. The zero-order valence-electron chi connectivity index (χ0n) is 11.3. The Hall–Kier alpha value is -0.120. The fourth-order valence-corrected chi connectivity index (χ4v) is 5.97. The molecule has 0 amide bonds. The first-order valence-electron chi connectivity index (χ1n) is 7.87. The number of hydrogen-bond donors (Lipinski definition) is 2. The van der Waals surface area contributed by atoms with Gasteiger partial charge in [0.2, 0.25) is 0 Å². The number of nitrogens with zero attached hydrogens (tertiary/aromatic N) is 1. The summed E-state index contributed by atoms with van der Waals surface area (Å²) in [5.74, 6) is 3.02. The third kappa shape index (κ3) is 1.67. The van der Waals surface area contributed by atoms with Crippen LogP contribution >= 0.6 is 0 Å². The standard InChI is InChI=1S/C15H26N2O/c18-10-14-9-16-1-2-17(14)15-6-11-3-12(7-15)5-13(4-11)8-15/h11-14,16,18H,1-10H2. The molecule has 3 nitrogen and oxygen atoms in total. The van der Waals surface area contributed by atoms with Crippen molar-refractivity contribution in [3.63, 3.8) is 0 Å². The van der Waals surface area contributed by atoms with E-state index in [4.69, 9.17) is 0 Å². The molecular formula is C15H26N2O. The highest BCUT2D eigenvalue weighted by molar-refractivity contribution is 5.09. The number of rotatable bonds is 2. The molecule has 0 aromatic heterocycles. The molecule has 1 heterocycles. The van der Waals surface area contributed by atoms with E-state index in [9.17, 15) is 5.11 Å². The summed E-state index contributed by atoms with van der Waals surface area (Å²) < 4.78 is 0. The Morgan fingerprint density at radius 1 is 1.06 bits per heavy atom. The van der Waals surface area contributed by atoms with Crippen molar-refractivity contribution < 1.29 is 5.11 Å². The molecule has 2 N–H and O–H groups in total. The lowest BCUT2D eigenvalue weighted by molar-refractivity contribution is -0.116. The van der Waals surface area contributed by atoms with Crippen LogP contribution in [-0.2, 0) is 0 Å². The Morgan fingerprint density at radius 3 is 2.22 bits per heavy atom. The molecule has 4 saturated carbocycles. The van der Waals surface area contributed by atoms with Crippen LogP contribution in [0.15, 0.2) is 0 Å². The van der Waals surface area contributed by atoms with Gasteiger partial charge in [0.05, 0.1) is 6.61 Å². The highest BCUT2D eigenvalue weighted by Gasteiger charge is 2.54. The number of aliphatic hydroxyl groups is 1. The van der Waals surface area contributed by atoms with Gasteiger partial charge in [-0.15, -0.1) is 0 Å². The maximum Gasteiger partial charge on any atom is 0.0599 e. The SMILES string of the molecule is OCC1CNCCN1C12CC3CC(CC(C3)C1)C2. The Labute approximate surface area is 110 Å². The molecule has 1 atom stereocenters. The topological polar surface area (TPSA) is 35.5 Å². The summed E-state index contributed by atoms with van der Waals surface area (Å²) in [7, 11) is 0. The van der Waals surface area contributed by atoms with E-state index in [0.717, 1.165) is 37.4 Å². The Bertz CT molecular complexity index is 295. The lowest BCUT2D eigenvalue weighted by Crippen LogP contribution is -2.67. The first-order valence-corrected chi connectivity index (χ1v) is 7.87. The van der Waals surface area contributed by atoms with Gasteiger partial charge >= 0.3 is 0 Å². The molecule has 4 aliphatic carbocycles. The third-order valence-electron chi connectivity index (χ3n) is 6.18. The number of piperazine rings is 1. The van der Waals surface area contributed by atoms with Crippen LogP contribution in [0.2, 0.25) is 0 Å². The Morgan fingerprint density at radius 2 is 1.67 bits per heavy atom. The molecule has 5 fully saturated rings. The molecule has 5 aliphatic rings. The van der Waals surface area contributed by atoms with E-state index in [2.05, 4.69) is 10.2 Å². The first-order chi connectivity index (χ1) is 8.79. The molecule has 4 bridgehead atoms. The van der Waals surface area contributed by atoms with Crippen molar-refractivity contribution in [2.75, 3.05) is 26.2 Å². The third-order valence-corrected chi connectivity index (χ3v) is 6.18. The van der Waals surface area contributed by atoms with Crippen molar-refractivity contribution in [3.8, 4) is 0 Å². The van der Waals surface area contributed by atoms with E-state index in [1.54, 1.807) is 0 Å².